The predicted octanol–water partition coefficient (Wildman–Crippen LogP) is 2.07. The molecule has 1 aliphatic rings. The Labute approximate surface area is 101 Å². The van der Waals surface area contributed by atoms with Crippen molar-refractivity contribution in [3.63, 3.8) is 0 Å². The molecule has 90 valence electrons. The Morgan fingerprint density at radius 2 is 2.25 bits per heavy atom. The van der Waals surface area contributed by atoms with E-state index in [1.165, 1.54) is 32.5 Å². The lowest BCUT2D eigenvalue weighted by molar-refractivity contribution is 0.198. The first-order valence-corrected chi connectivity index (χ1v) is 6.87. The molecule has 2 rings (SSSR count). The lowest BCUT2D eigenvalue weighted by atomic mass is 10.0. The van der Waals surface area contributed by atoms with Gasteiger partial charge in [0, 0.05) is 25.7 Å². The molecule has 4 nitrogen and oxygen atoms in total. The van der Waals surface area contributed by atoms with E-state index in [1.54, 1.807) is 16.8 Å². The van der Waals surface area contributed by atoms with E-state index in [1.807, 2.05) is 0 Å². The van der Waals surface area contributed by atoms with E-state index in [2.05, 4.69) is 34.3 Å². The highest BCUT2D eigenvalue weighted by molar-refractivity contribution is 7.13. The quantitative estimate of drug-likeness (QED) is 0.875. The van der Waals surface area contributed by atoms with Gasteiger partial charge in [-0.3, -0.25) is 0 Å². The SMILES string of the molecule is CC(C)CN1CCC(Nc2nncs2)CC1. The van der Waals surface area contributed by atoms with Gasteiger partial charge in [0.05, 0.1) is 0 Å². The van der Waals surface area contributed by atoms with Crippen LogP contribution in [0.5, 0.6) is 0 Å². The molecule has 1 aromatic heterocycles. The van der Waals surface area contributed by atoms with Gasteiger partial charge in [0.2, 0.25) is 5.13 Å². The maximum absolute atomic E-state index is 4.02. The monoisotopic (exact) mass is 240 g/mol. The second-order valence-corrected chi connectivity index (χ2v) is 5.69. The number of likely N-dealkylation sites (tertiary alicyclic amines) is 1. The first-order chi connectivity index (χ1) is 7.74. The van der Waals surface area contributed by atoms with Crippen molar-refractivity contribution in [3.8, 4) is 0 Å². The highest BCUT2D eigenvalue weighted by Crippen LogP contribution is 2.17. The van der Waals surface area contributed by atoms with Gasteiger partial charge >= 0.3 is 0 Å². The Morgan fingerprint density at radius 3 is 2.81 bits per heavy atom. The summed E-state index contributed by atoms with van der Waals surface area (Å²) in [7, 11) is 0. The fourth-order valence-corrected chi connectivity index (χ4v) is 2.71. The van der Waals surface area contributed by atoms with Crippen LogP contribution < -0.4 is 5.32 Å². The number of piperidine rings is 1. The zero-order chi connectivity index (χ0) is 11.4. The van der Waals surface area contributed by atoms with E-state index in [4.69, 9.17) is 0 Å². The molecule has 16 heavy (non-hydrogen) atoms. The largest absolute Gasteiger partial charge is 0.357 e. The van der Waals surface area contributed by atoms with Crippen molar-refractivity contribution >= 4 is 16.5 Å². The van der Waals surface area contributed by atoms with Gasteiger partial charge in [0.1, 0.15) is 5.51 Å². The maximum Gasteiger partial charge on any atom is 0.205 e. The van der Waals surface area contributed by atoms with Crippen LogP contribution in [0.1, 0.15) is 26.7 Å². The average molecular weight is 240 g/mol. The van der Waals surface area contributed by atoms with E-state index in [-0.39, 0.29) is 0 Å². The minimum Gasteiger partial charge on any atom is -0.357 e. The Kier molecular flexibility index (Phi) is 4.12. The fraction of sp³-hybridized carbons (Fsp3) is 0.818. The van der Waals surface area contributed by atoms with Gasteiger partial charge in [-0.1, -0.05) is 25.2 Å². The highest BCUT2D eigenvalue weighted by Gasteiger charge is 2.19. The third-order valence-electron chi connectivity index (χ3n) is 2.90. The molecule has 1 fully saturated rings. The molecule has 2 heterocycles. The van der Waals surface area contributed by atoms with Gasteiger partial charge in [-0.05, 0) is 18.8 Å². The predicted molar refractivity (Wildman–Crippen MR) is 67.8 cm³/mol. The molecule has 5 heteroatoms. The van der Waals surface area contributed by atoms with Crippen molar-refractivity contribution in [1.82, 2.24) is 15.1 Å². The van der Waals surface area contributed by atoms with Crippen molar-refractivity contribution in [2.45, 2.75) is 32.7 Å². The Bertz CT molecular complexity index is 291. The van der Waals surface area contributed by atoms with E-state index in [0.29, 0.717) is 6.04 Å². The van der Waals surface area contributed by atoms with Crippen molar-refractivity contribution in [2.75, 3.05) is 25.0 Å². The average Bonchev–Trinajstić information content (AvgIpc) is 2.73. The van der Waals surface area contributed by atoms with Crippen LogP contribution in [0.2, 0.25) is 0 Å². The Balaban J connectivity index is 1.73. The van der Waals surface area contributed by atoms with Crippen molar-refractivity contribution in [1.29, 1.82) is 0 Å². The molecule has 0 bridgehead atoms. The molecular weight excluding hydrogens is 220 g/mol. The number of hydrogen-bond acceptors (Lipinski definition) is 5. The molecule has 0 saturated carbocycles. The molecule has 0 spiro atoms. The summed E-state index contributed by atoms with van der Waals surface area (Å²) in [5.74, 6) is 0.771. The lowest BCUT2D eigenvalue weighted by Gasteiger charge is -2.33. The molecule has 0 amide bonds. The van der Waals surface area contributed by atoms with Crippen LogP contribution in [0.15, 0.2) is 5.51 Å². The number of aromatic nitrogens is 2. The van der Waals surface area contributed by atoms with Gasteiger partial charge < -0.3 is 10.2 Å². The number of nitrogens with zero attached hydrogens (tertiary/aromatic N) is 3. The first kappa shape index (κ1) is 11.8. The van der Waals surface area contributed by atoms with Crippen molar-refractivity contribution in [3.05, 3.63) is 5.51 Å². The Hall–Kier alpha value is -0.680. The van der Waals surface area contributed by atoms with Crippen LogP contribution in [0.25, 0.3) is 0 Å². The standard InChI is InChI=1S/C11H20N4S/c1-9(2)7-15-5-3-10(4-6-15)13-11-14-12-8-16-11/h8-10H,3-7H2,1-2H3,(H,13,14). The van der Waals surface area contributed by atoms with Crippen LogP contribution in [0.3, 0.4) is 0 Å². The van der Waals surface area contributed by atoms with Crippen molar-refractivity contribution in [2.24, 2.45) is 5.92 Å². The number of nitrogens with one attached hydrogen (secondary N) is 1. The first-order valence-electron chi connectivity index (χ1n) is 5.99. The molecule has 1 aliphatic heterocycles. The lowest BCUT2D eigenvalue weighted by Crippen LogP contribution is -2.40. The fourth-order valence-electron chi connectivity index (χ4n) is 2.19. The van der Waals surface area contributed by atoms with Crippen LogP contribution in [0.4, 0.5) is 5.13 Å². The summed E-state index contributed by atoms with van der Waals surface area (Å²) in [6, 6.07) is 0.580. The number of rotatable bonds is 4. The Morgan fingerprint density at radius 1 is 1.50 bits per heavy atom. The van der Waals surface area contributed by atoms with Crippen LogP contribution in [-0.4, -0.2) is 40.8 Å². The molecule has 0 atom stereocenters. The molecule has 0 radical (unpaired) electrons. The summed E-state index contributed by atoms with van der Waals surface area (Å²) in [6.07, 6.45) is 2.43. The normalized spacial score (nSPS) is 19.2. The minimum atomic E-state index is 0.580. The summed E-state index contributed by atoms with van der Waals surface area (Å²) in [6.45, 7) is 8.20. The smallest absolute Gasteiger partial charge is 0.205 e. The molecule has 0 aromatic carbocycles. The molecule has 1 N–H and O–H groups in total. The second-order valence-electron chi connectivity index (χ2n) is 4.86. The van der Waals surface area contributed by atoms with Gasteiger partial charge in [0.15, 0.2) is 0 Å². The van der Waals surface area contributed by atoms with Gasteiger partial charge in [-0.15, -0.1) is 10.2 Å². The molecule has 0 unspecified atom stereocenters. The van der Waals surface area contributed by atoms with E-state index < -0.39 is 0 Å². The van der Waals surface area contributed by atoms with Crippen molar-refractivity contribution < 1.29 is 0 Å². The second kappa shape index (κ2) is 5.59. The molecule has 0 aliphatic carbocycles. The van der Waals surface area contributed by atoms with Crippen LogP contribution in [0, 0.1) is 5.92 Å². The van der Waals surface area contributed by atoms with Gasteiger partial charge in [0.25, 0.3) is 0 Å². The highest BCUT2D eigenvalue weighted by atomic mass is 32.1. The number of hydrogen-bond donors (Lipinski definition) is 1. The zero-order valence-electron chi connectivity index (χ0n) is 10.0. The summed E-state index contributed by atoms with van der Waals surface area (Å²) < 4.78 is 0. The summed E-state index contributed by atoms with van der Waals surface area (Å²) >= 11 is 1.58. The van der Waals surface area contributed by atoms with E-state index >= 15 is 0 Å². The van der Waals surface area contributed by atoms with E-state index in [0.717, 1.165) is 11.0 Å². The molecule has 1 aromatic rings. The van der Waals surface area contributed by atoms with Crippen LogP contribution >= 0.6 is 11.3 Å². The van der Waals surface area contributed by atoms with Crippen LogP contribution in [-0.2, 0) is 0 Å². The third-order valence-corrected chi connectivity index (χ3v) is 3.52. The summed E-state index contributed by atoms with van der Waals surface area (Å²) in [4.78, 5) is 2.56. The molecular formula is C11H20N4S. The molecule has 1 saturated heterocycles. The third kappa shape index (κ3) is 3.42. The van der Waals surface area contributed by atoms with E-state index in [9.17, 15) is 0 Å². The summed E-state index contributed by atoms with van der Waals surface area (Å²) in [5.41, 5.74) is 1.77. The van der Waals surface area contributed by atoms with Gasteiger partial charge in [-0.2, -0.15) is 0 Å². The topological polar surface area (TPSA) is 41.0 Å². The number of anilines is 1. The zero-order valence-corrected chi connectivity index (χ0v) is 10.8. The minimum absolute atomic E-state index is 0.580. The van der Waals surface area contributed by atoms with Gasteiger partial charge in [-0.25, -0.2) is 0 Å². The summed E-state index contributed by atoms with van der Waals surface area (Å²) in [5, 5.41) is 12.3. The maximum atomic E-state index is 4.02.